The number of aliphatic hydroxyl groups is 3. The van der Waals surface area contributed by atoms with Crippen LogP contribution in [0.15, 0.2) is 25.3 Å². The summed E-state index contributed by atoms with van der Waals surface area (Å²) in [6.45, 7) is 5.15. The number of carbonyl (C=O) groups is 2. The maximum absolute atomic E-state index is 13.0. The summed E-state index contributed by atoms with van der Waals surface area (Å²) in [5.41, 5.74) is 2.56. The van der Waals surface area contributed by atoms with E-state index in [1.165, 1.54) is 0 Å². The second-order valence-electron chi connectivity index (χ2n) is 6.91. The van der Waals surface area contributed by atoms with Crippen LogP contribution in [-0.4, -0.2) is 44.2 Å². The first kappa shape index (κ1) is 23.5. The molecule has 1 aliphatic carbocycles. The topological polar surface area (TPSA) is 143 Å². The number of aromatic nitrogens is 1. The van der Waals surface area contributed by atoms with Crippen molar-refractivity contribution in [1.82, 2.24) is 10.3 Å². The molecule has 3 rings (SSSR count). The van der Waals surface area contributed by atoms with Crippen molar-refractivity contribution < 1.29 is 30.0 Å². The van der Waals surface area contributed by atoms with Crippen molar-refractivity contribution in [2.45, 2.75) is 39.2 Å². The van der Waals surface area contributed by atoms with Crippen LogP contribution in [0.3, 0.4) is 0 Å². The number of ketones is 1. The van der Waals surface area contributed by atoms with Crippen LogP contribution >= 0.6 is 0 Å². The summed E-state index contributed by atoms with van der Waals surface area (Å²) < 4.78 is 0. The van der Waals surface area contributed by atoms with Crippen LogP contribution in [0.2, 0.25) is 0 Å². The van der Waals surface area contributed by atoms with Gasteiger partial charge in [-0.05, 0) is 42.1 Å². The average molecular weight is 416 g/mol. The highest BCUT2D eigenvalue weighted by Gasteiger charge is 2.37. The van der Waals surface area contributed by atoms with Gasteiger partial charge < -0.3 is 30.7 Å². The van der Waals surface area contributed by atoms with Crippen molar-refractivity contribution in [3.05, 3.63) is 58.9 Å². The van der Waals surface area contributed by atoms with Gasteiger partial charge in [0.15, 0.2) is 5.78 Å². The third kappa shape index (κ3) is 4.36. The molecule has 1 fully saturated rings. The third-order valence-electron chi connectivity index (χ3n) is 5.12. The number of H-pyrrole nitrogens is 1. The van der Waals surface area contributed by atoms with Gasteiger partial charge in [-0.15, -0.1) is 13.2 Å². The first-order valence-corrected chi connectivity index (χ1v) is 9.61. The number of hydrogen-bond donors (Lipinski definition) is 6. The molecule has 1 aromatic heterocycles. The number of carboxylic acid groups (broad SMARTS) is 1. The summed E-state index contributed by atoms with van der Waals surface area (Å²) in [5, 5.41) is 41.9. The predicted molar refractivity (Wildman–Crippen MR) is 112 cm³/mol. The Labute approximate surface area is 174 Å². The summed E-state index contributed by atoms with van der Waals surface area (Å²) in [6.07, 6.45) is 1.45. The Morgan fingerprint density at radius 1 is 1.10 bits per heavy atom. The molecule has 0 amide bonds. The standard InChI is InChI=1S/C20H24N2O6.C2H4/c1-21-6-15-16(12-5-4-11(7-23)13(8-24)14(12)9-25)17(18(22-15)20(27)28)19(26)10-2-3-10;1-2/h4-5,10,21-25H,2-3,6-9H2,1H3,(H,27,28);1-2H2. The lowest BCUT2D eigenvalue weighted by Gasteiger charge is -2.17. The second-order valence-corrected chi connectivity index (χ2v) is 6.91. The molecule has 1 aliphatic rings. The highest BCUT2D eigenvalue weighted by Crippen LogP contribution is 2.41. The van der Waals surface area contributed by atoms with Gasteiger partial charge in [-0.2, -0.15) is 0 Å². The van der Waals surface area contributed by atoms with E-state index in [4.69, 9.17) is 0 Å². The zero-order valence-electron chi connectivity index (χ0n) is 17.0. The molecule has 0 bridgehead atoms. The molecule has 1 saturated carbocycles. The highest BCUT2D eigenvalue weighted by molar-refractivity contribution is 6.12. The smallest absolute Gasteiger partial charge is 0.353 e. The first-order chi connectivity index (χ1) is 14.5. The van der Waals surface area contributed by atoms with E-state index in [0.29, 0.717) is 33.5 Å². The lowest BCUT2D eigenvalue weighted by molar-refractivity contribution is 0.0685. The summed E-state index contributed by atoms with van der Waals surface area (Å²) in [6, 6.07) is 3.26. The molecule has 8 heteroatoms. The number of aliphatic hydroxyl groups excluding tert-OH is 3. The molecule has 1 aromatic carbocycles. The van der Waals surface area contributed by atoms with Crippen LogP contribution in [0.5, 0.6) is 0 Å². The van der Waals surface area contributed by atoms with Gasteiger partial charge >= 0.3 is 5.97 Å². The Morgan fingerprint density at radius 3 is 2.20 bits per heavy atom. The van der Waals surface area contributed by atoms with Gasteiger partial charge in [0.25, 0.3) is 0 Å². The normalized spacial score (nSPS) is 12.9. The second kappa shape index (κ2) is 10.3. The van der Waals surface area contributed by atoms with Gasteiger partial charge in [0, 0.05) is 23.7 Å². The number of carbonyl (C=O) groups excluding carboxylic acids is 1. The van der Waals surface area contributed by atoms with Crippen LogP contribution in [0, 0.1) is 5.92 Å². The van der Waals surface area contributed by atoms with E-state index < -0.39 is 19.2 Å². The number of hydrogen-bond acceptors (Lipinski definition) is 6. The van der Waals surface area contributed by atoms with Gasteiger partial charge in [-0.1, -0.05) is 12.1 Å². The van der Waals surface area contributed by atoms with Gasteiger partial charge in [0.05, 0.1) is 25.4 Å². The zero-order chi connectivity index (χ0) is 22.4. The van der Waals surface area contributed by atoms with Gasteiger partial charge in [-0.25, -0.2) is 4.79 Å². The van der Waals surface area contributed by atoms with E-state index >= 15 is 0 Å². The fourth-order valence-corrected chi connectivity index (χ4v) is 3.62. The summed E-state index contributed by atoms with van der Waals surface area (Å²) in [4.78, 5) is 27.6. The van der Waals surface area contributed by atoms with Crippen LogP contribution in [0.1, 0.15) is 56.1 Å². The maximum atomic E-state index is 13.0. The molecule has 0 atom stereocenters. The van der Waals surface area contributed by atoms with Crippen LogP contribution in [0.25, 0.3) is 11.1 Å². The average Bonchev–Trinajstić information content (AvgIpc) is 3.54. The Kier molecular flexibility index (Phi) is 8.08. The van der Waals surface area contributed by atoms with Crippen molar-refractivity contribution >= 4 is 11.8 Å². The Hall–Kier alpha value is -2.78. The number of benzene rings is 1. The van der Waals surface area contributed by atoms with E-state index in [1.807, 2.05) is 0 Å². The third-order valence-corrected chi connectivity index (χ3v) is 5.12. The Morgan fingerprint density at radius 2 is 1.73 bits per heavy atom. The van der Waals surface area contributed by atoms with E-state index in [0.717, 1.165) is 12.8 Å². The SMILES string of the molecule is C=C.CNCc1[nH]c(C(=O)O)c(C(=O)C2CC2)c1-c1ccc(CO)c(CO)c1CO. The predicted octanol–water partition coefficient (Wildman–Crippen LogP) is 1.97. The van der Waals surface area contributed by atoms with Crippen molar-refractivity contribution in [3.8, 4) is 11.1 Å². The first-order valence-electron chi connectivity index (χ1n) is 9.61. The quantitative estimate of drug-likeness (QED) is 0.271. The van der Waals surface area contributed by atoms with Crippen molar-refractivity contribution in [1.29, 1.82) is 0 Å². The van der Waals surface area contributed by atoms with Gasteiger partial charge in [0.1, 0.15) is 5.69 Å². The molecule has 0 saturated heterocycles. The molecule has 0 radical (unpaired) electrons. The van der Waals surface area contributed by atoms with Crippen molar-refractivity contribution in [2.24, 2.45) is 5.92 Å². The fourth-order valence-electron chi connectivity index (χ4n) is 3.62. The number of rotatable bonds is 9. The lowest BCUT2D eigenvalue weighted by atomic mass is 9.88. The van der Waals surface area contributed by atoms with E-state index in [-0.39, 0.29) is 36.1 Å². The highest BCUT2D eigenvalue weighted by atomic mass is 16.4. The molecular weight excluding hydrogens is 388 g/mol. The van der Waals surface area contributed by atoms with Crippen LogP contribution in [0.4, 0.5) is 0 Å². The molecular formula is C22H28N2O6. The summed E-state index contributed by atoms with van der Waals surface area (Å²) in [5.74, 6) is -1.65. The van der Waals surface area contributed by atoms with Crippen molar-refractivity contribution in [2.75, 3.05) is 7.05 Å². The molecule has 30 heavy (non-hydrogen) atoms. The number of aromatic amines is 1. The number of carboxylic acids is 1. The molecule has 0 aliphatic heterocycles. The van der Waals surface area contributed by atoms with E-state index in [2.05, 4.69) is 23.5 Å². The van der Waals surface area contributed by atoms with Gasteiger partial charge in [0.2, 0.25) is 0 Å². The maximum Gasteiger partial charge on any atom is 0.353 e. The lowest BCUT2D eigenvalue weighted by Crippen LogP contribution is -2.11. The van der Waals surface area contributed by atoms with Gasteiger partial charge in [-0.3, -0.25) is 4.79 Å². The molecule has 6 N–H and O–H groups in total. The minimum Gasteiger partial charge on any atom is -0.477 e. The molecule has 8 nitrogen and oxygen atoms in total. The fraction of sp³-hybridized carbons (Fsp3) is 0.364. The van der Waals surface area contributed by atoms with E-state index in [1.54, 1.807) is 19.2 Å². The molecule has 2 aromatic rings. The number of nitrogens with one attached hydrogen (secondary N) is 2. The Bertz CT molecular complexity index is 930. The monoisotopic (exact) mass is 416 g/mol. The van der Waals surface area contributed by atoms with Crippen LogP contribution in [-0.2, 0) is 26.4 Å². The van der Waals surface area contributed by atoms with Crippen molar-refractivity contribution in [3.63, 3.8) is 0 Å². The largest absolute Gasteiger partial charge is 0.477 e. The number of Topliss-reactive ketones (excluding diaryl/α,β-unsaturated/α-hetero) is 1. The molecule has 0 spiro atoms. The zero-order valence-corrected chi connectivity index (χ0v) is 17.0. The molecule has 162 valence electrons. The minimum atomic E-state index is -1.23. The van der Waals surface area contributed by atoms with E-state index in [9.17, 15) is 30.0 Å². The minimum absolute atomic E-state index is 0.107. The molecule has 1 heterocycles. The van der Waals surface area contributed by atoms with Crippen LogP contribution < -0.4 is 5.32 Å². The summed E-state index contributed by atoms with van der Waals surface area (Å²) >= 11 is 0. The summed E-state index contributed by atoms with van der Waals surface area (Å²) in [7, 11) is 1.70. The Balaban J connectivity index is 0.00000155. The number of aromatic carboxylic acids is 1. The molecule has 0 unspecified atom stereocenters.